The van der Waals surface area contributed by atoms with Crippen molar-refractivity contribution in [1.82, 2.24) is 9.88 Å². The monoisotopic (exact) mass is 393 g/mol. The Bertz CT molecular complexity index is 1090. The van der Waals surface area contributed by atoms with Crippen LogP contribution in [0.25, 0.3) is 10.9 Å². The fourth-order valence-electron chi connectivity index (χ4n) is 4.00. The summed E-state index contributed by atoms with van der Waals surface area (Å²) in [5.41, 5.74) is 4.54. The van der Waals surface area contributed by atoms with E-state index in [9.17, 15) is 14.0 Å². The number of likely N-dealkylation sites (N-methyl/N-ethyl adjacent to an activating group) is 1. The molecule has 1 aliphatic rings. The minimum atomic E-state index is -0.426. The van der Waals surface area contributed by atoms with Crippen LogP contribution in [0.3, 0.4) is 0 Å². The van der Waals surface area contributed by atoms with Gasteiger partial charge in [-0.15, -0.1) is 0 Å². The third-order valence-electron chi connectivity index (χ3n) is 5.52. The lowest BCUT2D eigenvalue weighted by Gasteiger charge is -2.19. The van der Waals surface area contributed by atoms with Crippen LogP contribution in [0.15, 0.2) is 42.5 Å². The van der Waals surface area contributed by atoms with Gasteiger partial charge in [-0.3, -0.25) is 9.59 Å². The summed E-state index contributed by atoms with van der Waals surface area (Å²) in [7, 11) is 1.59. The standard InChI is InChI=1S/C23H24FN3O2/c1-14-6-8-20-18(10-14)19-11-15(7-9-21(19)26-20)23(29)27(2)13-22(28)25-17-5-3-4-16(24)12-17/h3-5,7,9,11-12,14,26H,6,8,10,13H2,1-2H3,(H,25,28)/t14-/m1/s1. The Morgan fingerprint density at radius 1 is 1.24 bits per heavy atom. The lowest BCUT2D eigenvalue weighted by molar-refractivity contribution is -0.116. The maximum Gasteiger partial charge on any atom is 0.254 e. The second-order valence-corrected chi connectivity index (χ2v) is 7.91. The number of carbonyl (C=O) groups excluding carboxylic acids is 2. The Kier molecular flexibility index (Phi) is 5.09. The zero-order valence-corrected chi connectivity index (χ0v) is 16.6. The Morgan fingerprint density at radius 2 is 2.07 bits per heavy atom. The molecule has 6 heteroatoms. The molecule has 0 saturated carbocycles. The van der Waals surface area contributed by atoms with Crippen molar-refractivity contribution in [1.29, 1.82) is 0 Å². The fraction of sp³-hybridized carbons (Fsp3) is 0.304. The van der Waals surface area contributed by atoms with Crippen molar-refractivity contribution < 1.29 is 14.0 Å². The first-order valence-electron chi connectivity index (χ1n) is 9.85. The quantitative estimate of drug-likeness (QED) is 0.700. The van der Waals surface area contributed by atoms with E-state index < -0.39 is 5.82 Å². The van der Waals surface area contributed by atoms with Crippen molar-refractivity contribution in [3.63, 3.8) is 0 Å². The summed E-state index contributed by atoms with van der Waals surface area (Å²) in [5, 5.41) is 3.71. The number of aromatic amines is 1. The van der Waals surface area contributed by atoms with E-state index in [1.54, 1.807) is 19.2 Å². The van der Waals surface area contributed by atoms with Gasteiger partial charge in [-0.1, -0.05) is 13.0 Å². The average Bonchev–Trinajstić information content (AvgIpc) is 3.04. The highest BCUT2D eigenvalue weighted by Crippen LogP contribution is 2.32. The van der Waals surface area contributed by atoms with E-state index in [0.717, 1.165) is 23.7 Å². The summed E-state index contributed by atoms with van der Waals surface area (Å²) >= 11 is 0. The number of nitrogens with zero attached hydrogens (tertiary/aromatic N) is 1. The van der Waals surface area contributed by atoms with Gasteiger partial charge in [-0.25, -0.2) is 4.39 Å². The predicted molar refractivity (Wildman–Crippen MR) is 111 cm³/mol. The SMILES string of the molecule is C[C@@H]1CCc2[nH]c3ccc(C(=O)N(C)CC(=O)Nc4cccc(F)c4)cc3c2C1. The smallest absolute Gasteiger partial charge is 0.254 e. The number of halogens is 1. The molecule has 1 heterocycles. The highest BCUT2D eigenvalue weighted by molar-refractivity contribution is 6.01. The van der Waals surface area contributed by atoms with E-state index in [4.69, 9.17) is 0 Å². The van der Waals surface area contributed by atoms with Gasteiger partial charge in [0.25, 0.3) is 5.91 Å². The number of benzene rings is 2. The van der Waals surface area contributed by atoms with Gasteiger partial charge in [0.15, 0.2) is 0 Å². The van der Waals surface area contributed by atoms with Gasteiger partial charge < -0.3 is 15.2 Å². The lowest BCUT2D eigenvalue weighted by Crippen LogP contribution is -2.34. The Labute approximate surface area is 168 Å². The molecule has 5 nitrogen and oxygen atoms in total. The summed E-state index contributed by atoms with van der Waals surface area (Å²) in [6.07, 6.45) is 3.22. The van der Waals surface area contributed by atoms with Crippen LogP contribution < -0.4 is 5.32 Å². The van der Waals surface area contributed by atoms with Crippen LogP contribution in [-0.4, -0.2) is 35.3 Å². The Hall–Kier alpha value is -3.15. The minimum absolute atomic E-state index is 0.115. The van der Waals surface area contributed by atoms with E-state index in [-0.39, 0.29) is 18.4 Å². The number of H-pyrrole nitrogens is 1. The number of rotatable bonds is 4. The van der Waals surface area contributed by atoms with Crippen LogP contribution in [0, 0.1) is 11.7 Å². The van der Waals surface area contributed by atoms with Gasteiger partial charge in [0.2, 0.25) is 5.91 Å². The molecule has 0 unspecified atom stereocenters. The summed E-state index contributed by atoms with van der Waals surface area (Å²) in [4.78, 5) is 29.9. The number of anilines is 1. The molecule has 2 amide bonds. The van der Waals surface area contributed by atoms with E-state index in [1.807, 2.05) is 12.1 Å². The van der Waals surface area contributed by atoms with Crippen LogP contribution in [0.5, 0.6) is 0 Å². The predicted octanol–water partition coefficient (Wildman–Crippen LogP) is 4.14. The third-order valence-corrected chi connectivity index (χ3v) is 5.52. The first-order valence-corrected chi connectivity index (χ1v) is 9.85. The molecule has 1 aromatic heterocycles. The number of amides is 2. The van der Waals surface area contributed by atoms with Crippen LogP contribution in [0.1, 0.15) is 35.0 Å². The molecule has 4 rings (SSSR count). The van der Waals surface area contributed by atoms with Crippen molar-refractivity contribution in [3.8, 4) is 0 Å². The van der Waals surface area contributed by atoms with Crippen LogP contribution >= 0.6 is 0 Å². The third kappa shape index (κ3) is 4.01. The fourth-order valence-corrected chi connectivity index (χ4v) is 4.00. The summed E-state index contributed by atoms with van der Waals surface area (Å²) in [5.74, 6) is -0.389. The number of fused-ring (bicyclic) bond motifs is 3. The van der Waals surface area contributed by atoms with Crippen LogP contribution in [-0.2, 0) is 17.6 Å². The van der Waals surface area contributed by atoms with E-state index in [0.29, 0.717) is 17.2 Å². The molecule has 0 fully saturated rings. The second-order valence-electron chi connectivity index (χ2n) is 7.91. The minimum Gasteiger partial charge on any atom is -0.358 e. The average molecular weight is 393 g/mol. The zero-order valence-electron chi connectivity index (χ0n) is 16.6. The molecule has 0 saturated heterocycles. The maximum atomic E-state index is 13.3. The molecule has 0 bridgehead atoms. The number of aromatic nitrogens is 1. The molecular weight excluding hydrogens is 369 g/mol. The molecule has 0 spiro atoms. The Balaban J connectivity index is 1.49. The van der Waals surface area contributed by atoms with E-state index in [2.05, 4.69) is 17.2 Å². The normalized spacial score (nSPS) is 15.8. The summed E-state index contributed by atoms with van der Waals surface area (Å²) in [6.45, 7) is 2.14. The van der Waals surface area contributed by atoms with E-state index >= 15 is 0 Å². The van der Waals surface area contributed by atoms with Gasteiger partial charge in [-0.05, 0) is 67.1 Å². The molecule has 29 heavy (non-hydrogen) atoms. The van der Waals surface area contributed by atoms with Gasteiger partial charge in [0.1, 0.15) is 5.82 Å². The Morgan fingerprint density at radius 3 is 2.86 bits per heavy atom. The number of hydrogen-bond donors (Lipinski definition) is 2. The first-order chi connectivity index (χ1) is 13.9. The molecule has 0 radical (unpaired) electrons. The lowest BCUT2D eigenvalue weighted by atomic mass is 9.87. The van der Waals surface area contributed by atoms with Gasteiger partial charge >= 0.3 is 0 Å². The van der Waals surface area contributed by atoms with Crippen molar-refractivity contribution in [2.75, 3.05) is 18.9 Å². The van der Waals surface area contributed by atoms with Crippen molar-refractivity contribution in [2.24, 2.45) is 5.92 Å². The van der Waals surface area contributed by atoms with Crippen molar-refractivity contribution >= 4 is 28.4 Å². The highest BCUT2D eigenvalue weighted by atomic mass is 19.1. The summed E-state index contributed by atoms with van der Waals surface area (Å²) < 4.78 is 13.3. The number of nitrogens with one attached hydrogen (secondary N) is 2. The molecular formula is C23H24FN3O2. The summed E-state index contributed by atoms with van der Waals surface area (Å²) in [6, 6.07) is 11.3. The number of aryl methyl sites for hydroxylation is 1. The molecule has 3 aromatic rings. The van der Waals surface area contributed by atoms with E-state index in [1.165, 1.54) is 40.8 Å². The van der Waals surface area contributed by atoms with Gasteiger partial charge in [-0.2, -0.15) is 0 Å². The molecule has 150 valence electrons. The van der Waals surface area contributed by atoms with Gasteiger partial charge in [0, 0.05) is 34.9 Å². The molecule has 2 N–H and O–H groups in total. The molecule has 1 aliphatic carbocycles. The first kappa shape index (κ1) is 19.2. The topological polar surface area (TPSA) is 65.2 Å². The van der Waals surface area contributed by atoms with Crippen LogP contribution in [0.2, 0.25) is 0 Å². The molecule has 1 atom stereocenters. The highest BCUT2D eigenvalue weighted by Gasteiger charge is 2.21. The maximum absolute atomic E-state index is 13.3. The molecule has 0 aliphatic heterocycles. The number of hydrogen-bond acceptors (Lipinski definition) is 2. The van der Waals surface area contributed by atoms with Crippen molar-refractivity contribution in [2.45, 2.75) is 26.2 Å². The molecule has 2 aromatic carbocycles. The second kappa shape index (κ2) is 7.70. The number of carbonyl (C=O) groups is 2. The van der Waals surface area contributed by atoms with Gasteiger partial charge in [0.05, 0.1) is 6.54 Å². The zero-order chi connectivity index (χ0) is 20.5. The largest absolute Gasteiger partial charge is 0.358 e. The van der Waals surface area contributed by atoms with Crippen molar-refractivity contribution in [3.05, 3.63) is 65.1 Å². The van der Waals surface area contributed by atoms with Crippen LogP contribution in [0.4, 0.5) is 10.1 Å².